The van der Waals surface area contributed by atoms with Gasteiger partial charge in [-0.2, -0.15) is 4.31 Å². The van der Waals surface area contributed by atoms with Crippen LogP contribution < -0.4 is 10.2 Å². The first-order valence-electron chi connectivity index (χ1n) is 8.30. The molecule has 27 heavy (non-hydrogen) atoms. The van der Waals surface area contributed by atoms with Crippen molar-refractivity contribution in [2.45, 2.75) is 4.90 Å². The third kappa shape index (κ3) is 4.07. The van der Waals surface area contributed by atoms with Gasteiger partial charge in [0.05, 0.1) is 9.82 Å². The lowest BCUT2D eigenvalue weighted by molar-refractivity contribution is -0.383. The van der Waals surface area contributed by atoms with E-state index in [1.54, 1.807) is 43.4 Å². The molecular formula is C17H19BrN4O4S. The highest BCUT2D eigenvalue weighted by molar-refractivity contribution is 9.10. The number of nitrogens with one attached hydrogen (secondary N) is 1. The number of halogens is 1. The maximum absolute atomic E-state index is 12.8. The average Bonchev–Trinajstić information content (AvgIpc) is 2.67. The zero-order valence-electron chi connectivity index (χ0n) is 14.6. The van der Waals surface area contributed by atoms with Crippen LogP contribution in [0.5, 0.6) is 0 Å². The minimum Gasteiger partial charge on any atom is -0.383 e. The van der Waals surface area contributed by atoms with Crippen LogP contribution in [-0.4, -0.2) is 50.9 Å². The van der Waals surface area contributed by atoms with Gasteiger partial charge in [-0.15, -0.1) is 0 Å². The lowest BCUT2D eigenvalue weighted by Gasteiger charge is -2.35. The van der Waals surface area contributed by atoms with Gasteiger partial charge in [-0.1, -0.05) is 15.9 Å². The summed E-state index contributed by atoms with van der Waals surface area (Å²) in [5.74, 6) is 0. The Hall–Kier alpha value is -2.17. The van der Waals surface area contributed by atoms with Crippen molar-refractivity contribution < 1.29 is 13.3 Å². The zero-order chi connectivity index (χ0) is 19.6. The Morgan fingerprint density at radius 3 is 2.26 bits per heavy atom. The van der Waals surface area contributed by atoms with Crippen LogP contribution in [0.15, 0.2) is 51.8 Å². The van der Waals surface area contributed by atoms with Crippen LogP contribution in [0.2, 0.25) is 0 Å². The number of rotatable bonds is 5. The van der Waals surface area contributed by atoms with Crippen molar-refractivity contribution in [2.24, 2.45) is 0 Å². The Morgan fingerprint density at radius 2 is 1.70 bits per heavy atom. The molecule has 10 heteroatoms. The summed E-state index contributed by atoms with van der Waals surface area (Å²) in [6, 6.07) is 11.5. The summed E-state index contributed by atoms with van der Waals surface area (Å²) in [5.41, 5.74) is 1.27. The summed E-state index contributed by atoms with van der Waals surface area (Å²) in [5, 5.41) is 13.9. The first-order chi connectivity index (χ1) is 12.8. The molecule has 0 spiro atoms. The molecule has 1 aliphatic heterocycles. The van der Waals surface area contributed by atoms with Gasteiger partial charge in [0.15, 0.2) is 0 Å². The number of hydrogen-bond donors (Lipinski definition) is 1. The Labute approximate surface area is 166 Å². The van der Waals surface area contributed by atoms with E-state index in [-0.39, 0.29) is 10.6 Å². The van der Waals surface area contributed by atoms with E-state index in [9.17, 15) is 18.5 Å². The van der Waals surface area contributed by atoms with Crippen LogP contribution in [-0.2, 0) is 10.0 Å². The molecule has 1 fully saturated rings. The minimum absolute atomic E-state index is 0.0118. The minimum atomic E-state index is -3.53. The van der Waals surface area contributed by atoms with Crippen molar-refractivity contribution in [2.75, 3.05) is 43.4 Å². The molecular weight excluding hydrogens is 436 g/mol. The average molecular weight is 455 g/mol. The molecule has 1 N–H and O–H groups in total. The third-order valence-corrected chi connectivity index (χ3v) is 6.94. The van der Waals surface area contributed by atoms with Gasteiger partial charge in [-0.25, -0.2) is 8.42 Å². The Bertz CT molecular complexity index is 942. The Kier molecular flexibility index (Phi) is 5.68. The van der Waals surface area contributed by atoms with E-state index in [2.05, 4.69) is 21.2 Å². The summed E-state index contributed by atoms with van der Waals surface area (Å²) >= 11 is 3.31. The molecule has 0 aliphatic carbocycles. The van der Waals surface area contributed by atoms with Crippen molar-refractivity contribution in [3.8, 4) is 0 Å². The van der Waals surface area contributed by atoms with Crippen molar-refractivity contribution in [3.63, 3.8) is 0 Å². The van der Waals surface area contributed by atoms with Crippen LogP contribution in [0.1, 0.15) is 0 Å². The van der Waals surface area contributed by atoms with E-state index in [0.717, 1.165) is 10.2 Å². The summed E-state index contributed by atoms with van der Waals surface area (Å²) in [4.78, 5) is 12.9. The van der Waals surface area contributed by atoms with Crippen molar-refractivity contribution >= 4 is 43.0 Å². The lowest BCUT2D eigenvalue weighted by atomic mass is 10.2. The Morgan fingerprint density at radius 1 is 1.07 bits per heavy atom. The molecule has 1 aliphatic rings. The number of benzene rings is 2. The van der Waals surface area contributed by atoms with Gasteiger partial charge >= 0.3 is 0 Å². The Balaban J connectivity index is 1.73. The molecule has 0 unspecified atom stereocenters. The van der Waals surface area contributed by atoms with Gasteiger partial charge < -0.3 is 10.2 Å². The highest BCUT2D eigenvalue weighted by Gasteiger charge is 2.29. The number of nitro groups is 1. The fraction of sp³-hybridized carbons (Fsp3) is 0.294. The summed E-state index contributed by atoms with van der Waals surface area (Å²) in [6.07, 6.45) is 0. The quantitative estimate of drug-likeness (QED) is 0.550. The molecule has 2 aromatic carbocycles. The fourth-order valence-electron chi connectivity index (χ4n) is 3.02. The number of sulfonamides is 1. The van der Waals surface area contributed by atoms with E-state index in [1.165, 1.54) is 10.4 Å². The molecule has 0 bridgehead atoms. The van der Waals surface area contributed by atoms with Crippen LogP contribution >= 0.6 is 15.9 Å². The van der Waals surface area contributed by atoms with Gasteiger partial charge in [0.25, 0.3) is 5.69 Å². The predicted octanol–water partition coefficient (Wildman–Crippen LogP) is 2.91. The molecule has 3 rings (SSSR count). The molecule has 2 aromatic rings. The second-order valence-electron chi connectivity index (χ2n) is 6.05. The van der Waals surface area contributed by atoms with Crippen molar-refractivity contribution in [3.05, 3.63) is 57.1 Å². The normalized spacial score (nSPS) is 15.6. The van der Waals surface area contributed by atoms with Gasteiger partial charge in [-0.3, -0.25) is 10.1 Å². The smallest absolute Gasteiger partial charge is 0.292 e. The van der Waals surface area contributed by atoms with E-state index < -0.39 is 14.9 Å². The first kappa shape index (κ1) is 19.6. The van der Waals surface area contributed by atoms with Gasteiger partial charge in [-0.05, 0) is 36.4 Å². The number of anilines is 2. The van der Waals surface area contributed by atoms with Gasteiger partial charge in [0, 0.05) is 49.5 Å². The summed E-state index contributed by atoms with van der Waals surface area (Å²) in [6.45, 7) is 1.72. The summed E-state index contributed by atoms with van der Waals surface area (Å²) in [7, 11) is -1.90. The highest BCUT2D eigenvalue weighted by atomic mass is 79.9. The van der Waals surface area contributed by atoms with Crippen LogP contribution in [0, 0.1) is 10.1 Å². The van der Waals surface area contributed by atoms with E-state index in [0.29, 0.717) is 31.9 Å². The molecule has 8 nitrogen and oxygen atoms in total. The molecule has 0 radical (unpaired) electrons. The topological polar surface area (TPSA) is 95.8 Å². The predicted molar refractivity (Wildman–Crippen MR) is 108 cm³/mol. The lowest BCUT2D eigenvalue weighted by Crippen LogP contribution is -2.48. The van der Waals surface area contributed by atoms with Gasteiger partial charge in [0.1, 0.15) is 5.69 Å². The molecule has 1 heterocycles. The molecule has 0 amide bonds. The van der Waals surface area contributed by atoms with E-state index >= 15 is 0 Å². The number of hydrogen-bond acceptors (Lipinski definition) is 6. The molecule has 0 aromatic heterocycles. The van der Waals surface area contributed by atoms with E-state index in [1.807, 2.05) is 4.90 Å². The van der Waals surface area contributed by atoms with Crippen molar-refractivity contribution in [1.82, 2.24) is 4.31 Å². The first-order valence-corrected chi connectivity index (χ1v) is 10.5. The second kappa shape index (κ2) is 7.83. The monoisotopic (exact) mass is 454 g/mol. The highest BCUT2D eigenvalue weighted by Crippen LogP contribution is 2.30. The standard InChI is InChI=1S/C17H19BrN4O4S/c1-19-16-12-14(4-7-17(16)22(23)24)20-8-10-21(11-9-20)27(25,26)15-5-2-13(18)3-6-15/h2-7,12,19H,8-11H2,1H3. The molecule has 0 atom stereocenters. The van der Waals surface area contributed by atoms with Crippen LogP contribution in [0.4, 0.5) is 17.1 Å². The second-order valence-corrected chi connectivity index (χ2v) is 8.91. The van der Waals surface area contributed by atoms with Gasteiger partial charge in [0.2, 0.25) is 10.0 Å². The number of nitrogens with zero attached hydrogens (tertiary/aromatic N) is 3. The maximum atomic E-state index is 12.8. The van der Waals surface area contributed by atoms with Crippen LogP contribution in [0.25, 0.3) is 0 Å². The molecule has 1 saturated heterocycles. The van der Waals surface area contributed by atoms with E-state index in [4.69, 9.17) is 0 Å². The zero-order valence-corrected chi connectivity index (χ0v) is 17.0. The maximum Gasteiger partial charge on any atom is 0.292 e. The van der Waals surface area contributed by atoms with Crippen LogP contribution in [0.3, 0.4) is 0 Å². The number of nitro benzene ring substituents is 1. The third-order valence-electron chi connectivity index (χ3n) is 4.50. The molecule has 0 saturated carbocycles. The number of piperazine rings is 1. The summed E-state index contributed by atoms with van der Waals surface area (Å²) < 4.78 is 27.8. The van der Waals surface area contributed by atoms with Crippen molar-refractivity contribution in [1.29, 1.82) is 0 Å². The SMILES string of the molecule is CNc1cc(N2CCN(S(=O)(=O)c3ccc(Br)cc3)CC2)ccc1[N+](=O)[O-]. The molecule has 144 valence electrons. The largest absolute Gasteiger partial charge is 0.383 e. The fourth-order valence-corrected chi connectivity index (χ4v) is 4.71.